The van der Waals surface area contributed by atoms with Crippen molar-refractivity contribution in [3.05, 3.63) is 46.8 Å². The number of aromatic nitrogens is 2. The quantitative estimate of drug-likeness (QED) is 0.886. The van der Waals surface area contributed by atoms with Gasteiger partial charge < -0.3 is 10.3 Å². The molecule has 1 saturated carbocycles. The molecule has 3 rings (SSSR count). The Balaban J connectivity index is 1.89. The van der Waals surface area contributed by atoms with Crippen molar-refractivity contribution in [3.8, 4) is 11.4 Å². The number of anilines is 1. The Hall–Kier alpha value is -2.10. The van der Waals surface area contributed by atoms with Gasteiger partial charge in [-0.3, -0.25) is 4.79 Å². The molecule has 1 aliphatic carbocycles. The molecule has 0 bridgehead atoms. The van der Waals surface area contributed by atoms with Gasteiger partial charge in [0, 0.05) is 17.7 Å². The fourth-order valence-corrected chi connectivity index (χ4v) is 2.54. The summed E-state index contributed by atoms with van der Waals surface area (Å²) in [6.45, 7) is 0. The minimum Gasteiger partial charge on any atom is -0.367 e. The lowest BCUT2D eigenvalue weighted by atomic mass is 10.2. The second kappa shape index (κ2) is 5.26. The standard InChI is InChI=1S/C15H17N3O/c19-14-10-13(16-12-8-4-5-9-12)17-15(18-14)11-6-2-1-3-7-11/h1-3,6-7,10,12H,4-5,8-9H2,(H2,16,17,18,19). The van der Waals surface area contributed by atoms with Gasteiger partial charge in [0.1, 0.15) is 11.6 Å². The van der Waals surface area contributed by atoms with Crippen LogP contribution in [0.1, 0.15) is 25.7 Å². The predicted molar refractivity (Wildman–Crippen MR) is 76.2 cm³/mol. The van der Waals surface area contributed by atoms with Gasteiger partial charge in [-0.05, 0) is 12.8 Å². The summed E-state index contributed by atoms with van der Waals surface area (Å²) in [5.74, 6) is 1.29. The normalized spacial score (nSPS) is 15.6. The highest BCUT2D eigenvalue weighted by Gasteiger charge is 2.15. The number of benzene rings is 1. The molecule has 0 spiro atoms. The molecule has 4 nitrogen and oxygen atoms in total. The van der Waals surface area contributed by atoms with E-state index in [1.165, 1.54) is 18.9 Å². The third-order valence-corrected chi connectivity index (χ3v) is 3.50. The van der Waals surface area contributed by atoms with Crippen molar-refractivity contribution in [1.82, 2.24) is 9.97 Å². The van der Waals surface area contributed by atoms with Crippen molar-refractivity contribution in [2.24, 2.45) is 0 Å². The maximum absolute atomic E-state index is 11.7. The van der Waals surface area contributed by atoms with Crippen molar-refractivity contribution in [2.45, 2.75) is 31.7 Å². The predicted octanol–water partition coefficient (Wildman–Crippen LogP) is 2.79. The first kappa shape index (κ1) is 12.0. The zero-order valence-electron chi connectivity index (χ0n) is 10.7. The fraction of sp³-hybridized carbons (Fsp3) is 0.333. The first-order valence-electron chi connectivity index (χ1n) is 6.74. The lowest BCUT2D eigenvalue weighted by Gasteiger charge is -2.13. The number of nitrogens with one attached hydrogen (secondary N) is 2. The largest absolute Gasteiger partial charge is 0.367 e. The van der Waals surface area contributed by atoms with E-state index in [1.807, 2.05) is 30.3 Å². The van der Waals surface area contributed by atoms with Crippen LogP contribution < -0.4 is 10.9 Å². The molecule has 0 atom stereocenters. The highest BCUT2D eigenvalue weighted by atomic mass is 16.1. The molecule has 1 aromatic heterocycles. The molecule has 2 aromatic rings. The van der Waals surface area contributed by atoms with Crippen molar-refractivity contribution < 1.29 is 0 Å². The third kappa shape index (κ3) is 2.84. The summed E-state index contributed by atoms with van der Waals surface area (Å²) < 4.78 is 0. The van der Waals surface area contributed by atoms with Gasteiger partial charge in [-0.1, -0.05) is 43.2 Å². The fourth-order valence-electron chi connectivity index (χ4n) is 2.54. The zero-order chi connectivity index (χ0) is 13.1. The number of aromatic amines is 1. The molecule has 1 aliphatic rings. The lowest BCUT2D eigenvalue weighted by molar-refractivity contribution is 0.749. The van der Waals surface area contributed by atoms with E-state index in [1.54, 1.807) is 0 Å². The Kier molecular flexibility index (Phi) is 3.31. The van der Waals surface area contributed by atoms with Crippen LogP contribution in [0.25, 0.3) is 11.4 Å². The maximum Gasteiger partial charge on any atom is 0.253 e. The summed E-state index contributed by atoms with van der Waals surface area (Å²) in [7, 11) is 0. The van der Waals surface area contributed by atoms with E-state index in [-0.39, 0.29) is 5.56 Å². The van der Waals surface area contributed by atoms with Gasteiger partial charge >= 0.3 is 0 Å². The van der Waals surface area contributed by atoms with Crippen molar-refractivity contribution >= 4 is 5.82 Å². The smallest absolute Gasteiger partial charge is 0.253 e. The monoisotopic (exact) mass is 255 g/mol. The second-order valence-electron chi connectivity index (χ2n) is 4.97. The highest BCUT2D eigenvalue weighted by molar-refractivity contribution is 5.56. The first-order chi connectivity index (χ1) is 9.31. The third-order valence-electron chi connectivity index (χ3n) is 3.50. The molecule has 1 fully saturated rings. The highest BCUT2D eigenvalue weighted by Crippen LogP contribution is 2.21. The van der Waals surface area contributed by atoms with Crippen LogP contribution in [-0.2, 0) is 0 Å². The number of hydrogen-bond donors (Lipinski definition) is 2. The molecule has 1 heterocycles. The summed E-state index contributed by atoms with van der Waals surface area (Å²) in [6.07, 6.45) is 4.84. The van der Waals surface area contributed by atoms with E-state index in [9.17, 15) is 4.79 Å². The summed E-state index contributed by atoms with van der Waals surface area (Å²) in [5.41, 5.74) is 0.809. The van der Waals surface area contributed by atoms with Crippen molar-refractivity contribution in [2.75, 3.05) is 5.32 Å². The van der Waals surface area contributed by atoms with E-state index in [0.29, 0.717) is 17.7 Å². The van der Waals surface area contributed by atoms with Crippen LogP contribution in [0.3, 0.4) is 0 Å². The van der Waals surface area contributed by atoms with Gasteiger partial charge in [-0.2, -0.15) is 0 Å². The molecule has 4 heteroatoms. The molecule has 1 aromatic carbocycles. The van der Waals surface area contributed by atoms with E-state index < -0.39 is 0 Å². The molecule has 19 heavy (non-hydrogen) atoms. The Morgan fingerprint density at radius 1 is 1.16 bits per heavy atom. The van der Waals surface area contributed by atoms with Gasteiger partial charge in [0.15, 0.2) is 0 Å². The summed E-state index contributed by atoms with van der Waals surface area (Å²) in [4.78, 5) is 19.0. The molecule has 0 saturated heterocycles. The Bertz CT molecular complexity index is 600. The minimum absolute atomic E-state index is 0.116. The first-order valence-corrected chi connectivity index (χ1v) is 6.74. The van der Waals surface area contributed by atoms with Crippen molar-refractivity contribution in [1.29, 1.82) is 0 Å². The van der Waals surface area contributed by atoms with Gasteiger partial charge in [-0.25, -0.2) is 4.98 Å². The average Bonchev–Trinajstić information content (AvgIpc) is 2.92. The SMILES string of the molecule is O=c1cc(NC2CCCC2)nc(-c2ccccc2)[nH]1. The lowest BCUT2D eigenvalue weighted by Crippen LogP contribution is -2.18. The van der Waals surface area contributed by atoms with Gasteiger partial charge in [0.2, 0.25) is 0 Å². The van der Waals surface area contributed by atoms with Crippen LogP contribution in [-0.4, -0.2) is 16.0 Å². The van der Waals surface area contributed by atoms with E-state index in [4.69, 9.17) is 0 Å². The molecule has 0 amide bonds. The van der Waals surface area contributed by atoms with Gasteiger partial charge in [0.05, 0.1) is 0 Å². The number of nitrogens with zero attached hydrogens (tertiary/aromatic N) is 1. The van der Waals surface area contributed by atoms with Gasteiger partial charge in [0.25, 0.3) is 5.56 Å². The topological polar surface area (TPSA) is 57.8 Å². The molecular formula is C15H17N3O. The van der Waals surface area contributed by atoms with E-state index in [0.717, 1.165) is 18.4 Å². The van der Waals surface area contributed by atoms with Crippen LogP contribution >= 0.6 is 0 Å². The Morgan fingerprint density at radius 2 is 1.89 bits per heavy atom. The number of hydrogen-bond acceptors (Lipinski definition) is 3. The molecule has 0 aliphatic heterocycles. The van der Waals surface area contributed by atoms with E-state index in [2.05, 4.69) is 15.3 Å². The van der Waals surface area contributed by atoms with Crippen LogP contribution in [0.5, 0.6) is 0 Å². The van der Waals surface area contributed by atoms with Gasteiger partial charge in [-0.15, -0.1) is 0 Å². The Morgan fingerprint density at radius 3 is 2.63 bits per heavy atom. The Labute approximate surface area is 111 Å². The summed E-state index contributed by atoms with van der Waals surface area (Å²) >= 11 is 0. The van der Waals surface area contributed by atoms with E-state index >= 15 is 0 Å². The minimum atomic E-state index is -0.116. The summed E-state index contributed by atoms with van der Waals surface area (Å²) in [6, 6.07) is 11.7. The zero-order valence-corrected chi connectivity index (χ0v) is 10.7. The number of rotatable bonds is 3. The van der Waals surface area contributed by atoms with Crippen molar-refractivity contribution in [3.63, 3.8) is 0 Å². The number of H-pyrrole nitrogens is 1. The molecule has 0 unspecified atom stereocenters. The average molecular weight is 255 g/mol. The second-order valence-corrected chi connectivity index (χ2v) is 4.97. The van der Waals surface area contributed by atoms with Crippen LogP contribution in [0, 0.1) is 0 Å². The van der Waals surface area contributed by atoms with Crippen LogP contribution in [0.2, 0.25) is 0 Å². The molecule has 2 N–H and O–H groups in total. The molecule has 0 radical (unpaired) electrons. The molecule has 98 valence electrons. The van der Waals surface area contributed by atoms with Crippen LogP contribution in [0.15, 0.2) is 41.2 Å². The molecular weight excluding hydrogens is 238 g/mol. The maximum atomic E-state index is 11.7. The van der Waals surface area contributed by atoms with Crippen LogP contribution in [0.4, 0.5) is 5.82 Å². The summed E-state index contributed by atoms with van der Waals surface area (Å²) in [5, 5.41) is 3.36.